The molecule has 0 radical (unpaired) electrons. The van der Waals surface area contributed by atoms with E-state index in [0.29, 0.717) is 16.9 Å². The minimum absolute atomic E-state index is 0.00321. The first-order chi connectivity index (χ1) is 15.9. The molecule has 2 amide bonds. The number of amides is 2. The molecule has 6 nitrogen and oxygen atoms in total. The Balaban J connectivity index is 2.24. The van der Waals surface area contributed by atoms with E-state index in [1.807, 2.05) is 0 Å². The predicted octanol–water partition coefficient (Wildman–Crippen LogP) is 3.65. The van der Waals surface area contributed by atoms with E-state index in [1.165, 1.54) is 37.4 Å². The van der Waals surface area contributed by atoms with E-state index in [0.717, 1.165) is 0 Å². The Morgan fingerprint density at radius 3 is 2.21 bits per heavy atom. The number of hydrogen-bond donors (Lipinski definition) is 3. The smallest absolute Gasteiger partial charge is 0.391 e. The van der Waals surface area contributed by atoms with Gasteiger partial charge in [0, 0.05) is 6.04 Å². The normalized spacial score (nSPS) is 14.3. The number of methoxy groups -OCH3 is 1. The molecule has 0 heterocycles. The lowest BCUT2D eigenvalue weighted by molar-refractivity contribution is -0.145. The van der Waals surface area contributed by atoms with E-state index in [4.69, 9.17) is 10.5 Å². The zero-order valence-corrected chi connectivity index (χ0v) is 19.2. The Kier molecular flexibility index (Phi) is 9.43. The van der Waals surface area contributed by atoms with Crippen LogP contribution in [0.25, 0.3) is 0 Å². The first-order valence-corrected chi connectivity index (χ1v) is 10.7. The van der Waals surface area contributed by atoms with Gasteiger partial charge in [-0.2, -0.15) is 13.2 Å². The van der Waals surface area contributed by atoms with Gasteiger partial charge in [0.1, 0.15) is 17.6 Å². The van der Waals surface area contributed by atoms with E-state index >= 15 is 0 Å². The van der Waals surface area contributed by atoms with Crippen molar-refractivity contribution in [1.82, 2.24) is 10.6 Å². The Morgan fingerprint density at radius 1 is 1.03 bits per heavy atom. The molecule has 2 aromatic rings. The highest BCUT2D eigenvalue weighted by Crippen LogP contribution is 2.26. The van der Waals surface area contributed by atoms with Crippen LogP contribution in [0.2, 0.25) is 0 Å². The fourth-order valence-corrected chi connectivity index (χ4v) is 3.33. The SMILES string of the molecule is COc1ccc(C(NC(=O)C(N)Cc2cccc(F)c2)C(=O)N[C@H](CC(F)(F)F)C(C)C)cc1. The average molecular weight is 484 g/mol. The van der Waals surface area contributed by atoms with Crippen LogP contribution in [0.4, 0.5) is 17.6 Å². The molecule has 0 bridgehead atoms. The van der Waals surface area contributed by atoms with Crippen LogP contribution < -0.4 is 21.1 Å². The van der Waals surface area contributed by atoms with E-state index in [9.17, 15) is 27.2 Å². The lowest BCUT2D eigenvalue weighted by Gasteiger charge is -2.27. The Labute approximate surface area is 195 Å². The van der Waals surface area contributed by atoms with Gasteiger partial charge in [-0.15, -0.1) is 0 Å². The summed E-state index contributed by atoms with van der Waals surface area (Å²) in [5.74, 6) is -2.01. The molecular formula is C24H29F4N3O3. The highest BCUT2D eigenvalue weighted by atomic mass is 19.4. The van der Waals surface area contributed by atoms with Crippen LogP contribution in [0, 0.1) is 11.7 Å². The molecule has 0 aliphatic carbocycles. The van der Waals surface area contributed by atoms with Crippen LogP contribution in [0.3, 0.4) is 0 Å². The molecule has 2 rings (SSSR count). The zero-order chi connectivity index (χ0) is 25.5. The molecule has 186 valence electrons. The number of ether oxygens (including phenoxy) is 1. The third-order valence-electron chi connectivity index (χ3n) is 5.26. The van der Waals surface area contributed by atoms with Gasteiger partial charge in [0.05, 0.1) is 19.6 Å². The number of hydrogen-bond acceptors (Lipinski definition) is 4. The number of rotatable bonds is 10. The van der Waals surface area contributed by atoms with Crippen molar-refractivity contribution in [3.8, 4) is 5.75 Å². The molecule has 2 unspecified atom stereocenters. The van der Waals surface area contributed by atoms with Gasteiger partial charge in [-0.1, -0.05) is 38.1 Å². The maximum absolute atomic E-state index is 13.4. The van der Waals surface area contributed by atoms with E-state index in [2.05, 4.69) is 10.6 Å². The second kappa shape index (κ2) is 11.8. The van der Waals surface area contributed by atoms with Crippen molar-refractivity contribution >= 4 is 11.8 Å². The maximum Gasteiger partial charge on any atom is 0.391 e. The van der Waals surface area contributed by atoms with Gasteiger partial charge in [0.2, 0.25) is 11.8 Å². The average Bonchev–Trinajstić information content (AvgIpc) is 2.75. The highest BCUT2D eigenvalue weighted by molar-refractivity contribution is 5.90. The summed E-state index contributed by atoms with van der Waals surface area (Å²) in [7, 11) is 1.46. The van der Waals surface area contributed by atoms with Crippen LogP contribution in [-0.4, -0.2) is 37.2 Å². The summed E-state index contributed by atoms with van der Waals surface area (Å²) in [4.78, 5) is 25.8. The standard InChI is InChI=1S/C24H29F4N3O3/c1-14(2)20(13-24(26,27)28)30-23(33)21(16-7-9-18(34-3)10-8-16)31-22(32)19(29)12-15-5-4-6-17(25)11-15/h4-11,14,19-21H,12-13,29H2,1-3H3,(H,30,33)(H,31,32)/t19?,20-,21?/m1/s1. The minimum atomic E-state index is -4.48. The first-order valence-electron chi connectivity index (χ1n) is 10.7. The molecule has 0 aliphatic heterocycles. The van der Waals surface area contributed by atoms with E-state index < -0.39 is 54.3 Å². The fourth-order valence-electron chi connectivity index (χ4n) is 3.33. The number of halogens is 4. The monoisotopic (exact) mass is 483 g/mol. The Hall–Kier alpha value is -3.14. The predicted molar refractivity (Wildman–Crippen MR) is 119 cm³/mol. The van der Waals surface area contributed by atoms with Gasteiger partial charge in [0.25, 0.3) is 0 Å². The lowest BCUT2D eigenvalue weighted by atomic mass is 9.98. The molecule has 2 aromatic carbocycles. The van der Waals surface area contributed by atoms with Crippen molar-refractivity contribution in [2.45, 2.75) is 51.0 Å². The summed E-state index contributed by atoms with van der Waals surface area (Å²) in [5.41, 5.74) is 6.79. The molecule has 0 saturated carbocycles. The third kappa shape index (κ3) is 8.33. The second-order valence-electron chi connectivity index (χ2n) is 8.33. The summed E-state index contributed by atoms with van der Waals surface area (Å²) >= 11 is 0. The van der Waals surface area contributed by atoms with Gasteiger partial charge >= 0.3 is 6.18 Å². The molecule has 34 heavy (non-hydrogen) atoms. The summed E-state index contributed by atoms with van der Waals surface area (Å²) in [6, 6.07) is 8.14. The molecule has 10 heteroatoms. The summed E-state index contributed by atoms with van der Waals surface area (Å²) < 4.78 is 57.5. The Bertz CT molecular complexity index is 965. The number of benzene rings is 2. The molecule has 3 atom stereocenters. The summed E-state index contributed by atoms with van der Waals surface area (Å²) in [6.07, 6.45) is -5.68. The van der Waals surface area contributed by atoms with Crippen molar-refractivity contribution < 1.29 is 31.9 Å². The fraction of sp³-hybridized carbons (Fsp3) is 0.417. The topological polar surface area (TPSA) is 93.4 Å². The van der Waals surface area contributed by atoms with E-state index in [-0.39, 0.29) is 6.42 Å². The van der Waals surface area contributed by atoms with Gasteiger partial charge in [-0.25, -0.2) is 4.39 Å². The van der Waals surface area contributed by atoms with Crippen molar-refractivity contribution in [1.29, 1.82) is 0 Å². The first kappa shape index (κ1) is 27.1. The summed E-state index contributed by atoms with van der Waals surface area (Å²) in [5, 5.41) is 4.93. The van der Waals surface area contributed by atoms with Crippen molar-refractivity contribution in [2.75, 3.05) is 7.11 Å². The molecule has 0 aromatic heterocycles. The van der Waals surface area contributed by atoms with Crippen molar-refractivity contribution in [2.24, 2.45) is 11.7 Å². The van der Waals surface area contributed by atoms with Crippen molar-refractivity contribution in [3.63, 3.8) is 0 Å². The van der Waals surface area contributed by atoms with Gasteiger partial charge in [-0.3, -0.25) is 9.59 Å². The van der Waals surface area contributed by atoms with Crippen LogP contribution >= 0.6 is 0 Å². The number of nitrogens with one attached hydrogen (secondary N) is 2. The minimum Gasteiger partial charge on any atom is -0.497 e. The van der Waals surface area contributed by atoms with Gasteiger partial charge in [-0.05, 0) is 47.7 Å². The molecule has 4 N–H and O–H groups in total. The van der Waals surface area contributed by atoms with Crippen LogP contribution in [0.1, 0.15) is 37.4 Å². The number of alkyl halides is 3. The number of nitrogens with two attached hydrogens (primary N) is 1. The molecule has 0 fully saturated rings. The van der Waals surface area contributed by atoms with Crippen molar-refractivity contribution in [3.05, 3.63) is 65.5 Å². The molecule has 0 aliphatic rings. The summed E-state index contributed by atoms with van der Waals surface area (Å²) in [6.45, 7) is 3.12. The molecule has 0 saturated heterocycles. The Morgan fingerprint density at radius 2 is 1.68 bits per heavy atom. The number of carbonyl (C=O) groups is 2. The largest absolute Gasteiger partial charge is 0.497 e. The number of carbonyl (C=O) groups excluding carboxylic acids is 2. The highest BCUT2D eigenvalue weighted by Gasteiger charge is 2.35. The van der Waals surface area contributed by atoms with E-state index in [1.54, 1.807) is 32.0 Å². The van der Waals surface area contributed by atoms with Gasteiger partial charge in [0.15, 0.2) is 0 Å². The maximum atomic E-state index is 13.4. The second-order valence-corrected chi connectivity index (χ2v) is 8.33. The zero-order valence-electron chi connectivity index (χ0n) is 19.2. The lowest BCUT2D eigenvalue weighted by Crippen LogP contribution is -2.50. The van der Waals surface area contributed by atoms with Gasteiger partial charge < -0.3 is 21.1 Å². The third-order valence-corrected chi connectivity index (χ3v) is 5.26. The molecular weight excluding hydrogens is 454 g/mol. The van der Waals surface area contributed by atoms with Crippen LogP contribution in [-0.2, 0) is 16.0 Å². The molecule has 0 spiro atoms. The van der Waals surface area contributed by atoms with Crippen LogP contribution in [0.5, 0.6) is 5.75 Å². The van der Waals surface area contributed by atoms with Crippen LogP contribution in [0.15, 0.2) is 48.5 Å². The quantitative estimate of drug-likeness (QED) is 0.450.